The maximum atomic E-state index is 12.6. The number of fused-ring (bicyclic) bond motifs is 1. The Hall–Kier alpha value is -2.09. The van der Waals surface area contributed by atoms with Crippen molar-refractivity contribution >= 4 is 38.9 Å². The van der Waals surface area contributed by atoms with Gasteiger partial charge in [0.2, 0.25) is 5.95 Å². The van der Waals surface area contributed by atoms with E-state index in [0.717, 1.165) is 17.3 Å². The van der Waals surface area contributed by atoms with E-state index in [1.165, 1.54) is 0 Å². The molecule has 1 saturated heterocycles. The third-order valence-electron chi connectivity index (χ3n) is 5.05. The fraction of sp³-hybridized carbons (Fsp3) is 0.526. The average molecular weight is 435 g/mol. The molecule has 1 aromatic heterocycles. The van der Waals surface area contributed by atoms with Crippen molar-refractivity contribution in [1.82, 2.24) is 14.9 Å². The minimum Gasteiger partial charge on any atom is -0.444 e. The molecule has 1 aromatic carbocycles. The maximum Gasteiger partial charge on any atom is 0.410 e. The topological polar surface area (TPSA) is 78.5 Å². The molecule has 2 aromatic rings. The van der Waals surface area contributed by atoms with Gasteiger partial charge in [-0.25, -0.2) is 9.78 Å². The number of nitrogens with one attached hydrogen (secondary N) is 1. The Morgan fingerprint density at radius 3 is 2.70 bits per heavy atom. The van der Waals surface area contributed by atoms with Crippen molar-refractivity contribution in [2.45, 2.75) is 44.8 Å². The summed E-state index contributed by atoms with van der Waals surface area (Å²) in [6.45, 7) is 7.44. The number of nitrogens with zero attached hydrogens (tertiary/aromatic N) is 3. The smallest absolute Gasteiger partial charge is 0.410 e. The molecule has 0 bridgehead atoms. The van der Waals surface area contributed by atoms with Gasteiger partial charge in [0, 0.05) is 24.1 Å². The third-order valence-corrected chi connectivity index (χ3v) is 5.54. The molecule has 2 aliphatic rings. The monoisotopic (exact) mass is 434 g/mol. The van der Waals surface area contributed by atoms with E-state index in [1.807, 2.05) is 37.8 Å². The summed E-state index contributed by atoms with van der Waals surface area (Å²) in [5.41, 5.74) is -0.218. The van der Waals surface area contributed by atoms with Crippen molar-refractivity contribution in [3.63, 3.8) is 0 Å². The van der Waals surface area contributed by atoms with Crippen LogP contribution in [0.4, 0.5) is 10.7 Å². The quantitative estimate of drug-likeness (QED) is 0.744. The predicted molar refractivity (Wildman–Crippen MR) is 107 cm³/mol. The Kier molecular flexibility index (Phi) is 4.21. The SMILES string of the molecule is CC(C)(C)OC(=O)N1CCN(c2nc3ccc(Br)cc3c(=O)[nH]2)CC12CC2. The average Bonchev–Trinajstić information content (AvgIpc) is 3.33. The summed E-state index contributed by atoms with van der Waals surface area (Å²) < 4.78 is 6.42. The number of benzene rings is 1. The number of ether oxygens (including phenoxy) is 1. The van der Waals surface area contributed by atoms with Crippen LogP contribution in [0.1, 0.15) is 33.6 Å². The van der Waals surface area contributed by atoms with Gasteiger partial charge in [-0.3, -0.25) is 14.7 Å². The summed E-state index contributed by atoms with van der Waals surface area (Å²) in [6, 6.07) is 5.48. The first-order valence-corrected chi connectivity index (χ1v) is 9.91. The van der Waals surface area contributed by atoms with Gasteiger partial charge in [-0.05, 0) is 51.8 Å². The molecule has 144 valence electrons. The third kappa shape index (κ3) is 3.54. The number of carbonyl (C=O) groups excluding carboxylic acids is 1. The Bertz CT molecular complexity index is 962. The molecule has 0 unspecified atom stereocenters. The molecular formula is C19H23BrN4O3. The molecule has 1 amide bonds. The summed E-state index contributed by atoms with van der Waals surface area (Å²) in [6.07, 6.45) is 1.62. The number of rotatable bonds is 1. The van der Waals surface area contributed by atoms with Crippen LogP contribution in [0.3, 0.4) is 0 Å². The molecule has 1 saturated carbocycles. The number of anilines is 1. The number of hydrogen-bond donors (Lipinski definition) is 1. The molecule has 2 heterocycles. The van der Waals surface area contributed by atoms with Crippen molar-refractivity contribution in [2.75, 3.05) is 24.5 Å². The van der Waals surface area contributed by atoms with E-state index in [9.17, 15) is 9.59 Å². The van der Waals surface area contributed by atoms with Crippen LogP contribution in [0.15, 0.2) is 27.5 Å². The first-order chi connectivity index (χ1) is 12.7. The van der Waals surface area contributed by atoms with Crippen LogP contribution in [0, 0.1) is 0 Å². The number of H-pyrrole nitrogens is 1. The minimum absolute atomic E-state index is 0.157. The standard InChI is InChI=1S/C19H23BrN4O3/c1-18(2,3)27-17(26)24-9-8-23(11-19(24)6-7-19)16-21-14-5-4-12(20)10-13(14)15(25)22-16/h4-5,10H,6-9,11H2,1-3H3,(H,21,22,25). The summed E-state index contributed by atoms with van der Waals surface area (Å²) in [4.78, 5) is 36.5. The van der Waals surface area contributed by atoms with Crippen LogP contribution >= 0.6 is 15.9 Å². The van der Waals surface area contributed by atoms with Gasteiger partial charge in [-0.15, -0.1) is 0 Å². The summed E-state index contributed by atoms with van der Waals surface area (Å²) >= 11 is 3.39. The van der Waals surface area contributed by atoms with Crippen LogP contribution in [0.25, 0.3) is 10.9 Å². The van der Waals surface area contributed by atoms with E-state index in [1.54, 1.807) is 6.07 Å². The number of halogens is 1. The highest BCUT2D eigenvalue weighted by Crippen LogP contribution is 2.45. The first kappa shape index (κ1) is 18.3. The highest BCUT2D eigenvalue weighted by molar-refractivity contribution is 9.10. The number of amides is 1. The molecular weight excluding hydrogens is 412 g/mol. The zero-order valence-electron chi connectivity index (χ0n) is 15.7. The lowest BCUT2D eigenvalue weighted by Gasteiger charge is -2.42. The molecule has 1 aliphatic heterocycles. The van der Waals surface area contributed by atoms with Crippen molar-refractivity contribution in [3.8, 4) is 0 Å². The van der Waals surface area contributed by atoms with E-state index in [0.29, 0.717) is 36.5 Å². The van der Waals surface area contributed by atoms with Crippen molar-refractivity contribution in [1.29, 1.82) is 0 Å². The highest BCUT2D eigenvalue weighted by atomic mass is 79.9. The number of carbonyl (C=O) groups is 1. The number of hydrogen-bond acceptors (Lipinski definition) is 5. The number of piperazine rings is 1. The van der Waals surface area contributed by atoms with Gasteiger partial charge >= 0.3 is 6.09 Å². The van der Waals surface area contributed by atoms with E-state index < -0.39 is 5.60 Å². The van der Waals surface area contributed by atoms with Gasteiger partial charge in [0.25, 0.3) is 5.56 Å². The summed E-state index contributed by atoms with van der Waals surface area (Å²) in [5, 5.41) is 0.557. The first-order valence-electron chi connectivity index (χ1n) is 9.12. The Labute approximate surface area is 165 Å². The molecule has 0 atom stereocenters. The molecule has 1 N–H and O–H groups in total. The van der Waals surface area contributed by atoms with Gasteiger partial charge in [0.05, 0.1) is 16.4 Å². The van der Waals surface area contributed by atoms with E-state index >= 15 is 0 Å². The van der Waals surface area contributed by atoms with Crippen LogP contribution in [-0.4, -0.2) is 51.7 Å². The predicted octanol–water partition coefficient (Wildman–Crippen LogP) is 3.28. The Morgan fingerprint density at radius 2 is 2.04 bits per heavy atom. The molecule has 8 heteroatoms. The molecule has 1 aliphatic carbocycles. The molecule has 7 nitrogen and oxygen atoms in total. The number of aromatic nitrogens is 2. The zero-order chi connectivity index (χ0) is 19.4. The number of aromatic amines is 1. The van der Waals surface area contributed by atoms with Crippen LogP contribution < -0.4 is 10.5 Å². The van der Waals surface area contributed by atoms with Gasteiger partial charge in [-0.1, -0.05) is 15.9 Å². The molecule has 2 fully saturated rings. The van der Waals surface area contributed by atoms with Crippen LogP contribution in [-0.2, 0) is 4.74 Å². The minimum atomic E-state index is -0.510. The second-order valence-electron chi connectivity index (χ2n) is 8.33. The zero-order valence-corrected chi connectivity index (χ0v) is 17.3. The fourth-order valence-corrected chi connectivity index (χ4v) is 3.94. The van der Waals surface area contributed by atoms with Gasteiger partial charge in [0.1, 0.15) is 5.60 Å². The second-order valence-corrected chi connectivity index (χ2v) is 9.24. The fourth-order valence-electron chi connectivity index (χ4n) is 3.58. The molecule has 1 spiro atoms. The lowest BCUT2D eigenvalue weighted by Crippen LogP contribution is -2.58. The Balaban J connectivity index is 1.58. The van der Waals surface area contributed by atoms with E-state index in [-0.39, 0.29) is 17.2 Å². The Morgan fingerprint density at radius 1 is 1.30 bits per heavy atom. The second kappa shape index (κ2) is 6.22. The van der Waals surface area contributed by atoms with Crippen molar-refractivity contribution < 1.29 is 9.53 Å². The molecule has 4 rings (SSSR count). The van der Waals surface area contributed by atoms with Crippen molar-refractivity contribution in [2.24, 2.45) is 0 Å². The lowest BCUT2D eigenvalue weighted by atomic mass is 10.1. The van der Waals surface area contributed by atoms with Crippen LogP contribution in [0.2, 0.25) is 0 Å². The molecule has 27 heavy (non-hydrogen) atoms. The van der Waals surface area contributed by atoms with E-state index in [2.05, 4.69) is 30.8 Å². The summed E-state index contributed by atoms with van der Waals surface area (Å²) in [7, 11) is 0. The molecule has 0 radical (unpaired) electrons. The largest absolute Gasteiger partial charge is 0.444 e. The normalized spacial score (nSPS) is 18.8. The highest BCUT2D eigenvalue weighted by Gasteiger charge is 2.54. The van der Waals surface area contributed by atoms with Gasteiger partial charge in [0.15, 0.2) is 0 Å². The van der Waals surface area contributed by atoms with E-state index in [4.69, 9.17) is 4.74 Å². The lowest BCUT2D eigenvalue weighted by molar-refractivity contribution is 0.0105. The summed E-state index contributed by atoms with van der Waals surface area (Å²) in [5.74, 6) is 0.560. The van der Waals surface area contributed by atoms with Crippen LogP contribution in [0.5, 0.6) is 0 Å². The maximum absolute atomic E-state index is 12.6. The van der Waals surface area contributed by atoms with Crippen molar-refractivity contribution in [3.05, 3.63) is 33.0 Å². The van der Waals surface area contributed by atoms with Gasteiger partial charge in [-0.2, -0.15) is 0 Å². The van der Waals surface area contributed by atoms with Gasteiger partial charge < -0.3 is 9.64 Å².